The molecule has 0 aromatic heterocycles. The van der Waals surface area contributed by atoms with Crippen molar-refractivity contribution in [3.8, 4) is 0 Å². The van der Waals surface area contributed by atoms with Gasteiger partial charge in [-0.1, -0.05) is 6.92 Å². The molecule has 2 rings (SSSR count). The van der Waals surface area contributed by atoms with Crippen LogP contribution in [0, 0.1) is 0 Å². The molecule has 0 aromatic carbocycles. The van der Waals surface area contributed by atoms with Gasteiger partial charge in [0.2, 0.25) is 0 Å². The zero-order valence-electron chi connectivity index (χ0n) is 12.0. The van der Waals surface area contributed by atoms with Gasteiger partial charge in [0, 0.05) is 31.7 Å². The molecule has 1 aliphatic heterocycles. The molecular formula is C14H29N3O. The van der Waals surface area contributed by atoms with Gasteiger partial charge in [-0.05, 0) is 39.3 Å². The van der Waals surface area contributed by atoms with E-state index in [9.17, 15) is 0 Å². The van der Waals surface area contributed by atoms with Crippen LogP contribution in [0.25, 0.3) is 0 Å². The maximum absolute atomic E-state index is 5.99. The van der Waals surface area contributed by atoms with Crippen molar-refractivity contribution in [1.29, 1.82) is 0 Å². The predicted octanol–water partition coefficient (Wildman–Crippen LogP) is 0.909. The molecular weight excluding hydrogens is 226 g/mol. The second-order valence-corrected chi connectivity index (χ2v) is 5.91. The first kappa shape index (κ1) is 14.3. The summed E-state index contributed by atoms with van der Waals surface area (Å²) < 4.78 is 5.88. The maximum Gasteiger partial charge on any atom is 0.0829 e. The van der Waals surface area contributed by atoms with Gasteiger partial charge >= 0.3 is 0 Å². The van der Waals surface area contributed by atoms with E-state index in [2.05, 4.69) is 23.8 Å². The van der Waals surface area contributed by atoms with Crippen LogP contribution in [-0.4, -0.2) is 67.8 Å². The Labute approximate surface area is 111 Å². The van der Waals surface area contributed by atoms with Gasteiger partial charge in [0.05, 0.1) is 12.7 Å². The maximum atomic E-state index is 5.99. The molecule has 4 heteroatoms. The normalized spacial score (nSPS) is 35.0. The van der Waals surface area contributed by atoms with E-state index in [1.54, 1.807) is 0 Å². The van der Waals surface area contributed by atoms with Crippen LogP contribution in [0.15, 0.2) is 0 Å². The van der Waals surface area contributed by atoms with E-state index in [-0.39, 0.29) is 0 Å². The predicted molar refractivity (Wildman–Crippen MR) is 74.7 cm³/mol. The minimum absolute atomic E-state index is 0.388. The molecule has 1 saturated heterocycles. The van der Waals surface area contributed by atoms with Crippen LogP contribution >= 0.6 is 0 Å². The molecule has 1 atom stereocenters. The first-order chi connectivity index (χ1) is 8.69. The summed E-state index contributed by atoms with van der Waals surface area (Å²) in [4.78, 5) is 4.98. The van der Waals surface area contributed by atoms with E-state index < -0.39 is 0 Å². The van der Waals surface area contributed by atoms with Crippen molar-refractivity contribution in [1.82, 2.24) is 9.80 Å². The second kappa shape index (κ2) is 6.85. The Balaban J connectivity index is 1.81. The standard InChI is InChI=1S/C14H29N3O/c1-3-17(13-6-4-12(15)5-7-13)11-14-10-16(2)8-9-18-14/h12-14H,3-11,15H2,1-2H3. The molecule has 1 heterocycles. The van der Waals surface area contributed by atoms with E-state index in [1.165, 1.54) is 25.7 Å². The monoisotopic (exact) mass is 255 g/mol. The van der Waals surface area contributed by atoms with Crippen LogP contribution in [-0.2, 0) is 4.74 Å². The van der Waals surface area contributed by atoms with E-state index in [1.807, 2.05) is 0 Å². The fourth-order valence-electron chi connectivity index (χ4n) is 3.24. The average molecular weight is 255 g/mol. The topological polar surface area (TPSA) is 41.7 Å². The van der Waals surface area contributed by atoms with E-state index in [4.69, 9.17) is 10.5 Å². The quantitative estimate of drug-likeness (QED) is 0.811. The number of hydrogen-bond donors (Lipinski definition) is 1. The molecule has 0 spiro atoms. The molecule has 1 aliphatic carbocycles. The highest BCUT2D eigenvalue weighted by Gasteiger charge is 2.27. The van der Waals surface area contributed by atoms with Gasteiger partial charge in [-0.25, -0.2) is 0 Å². The Morgan fingerprint density at radius 1 is 1.28 bits per heavy atom. The number of likely N-dealkylation sites (N-methyl/N-ethyl adjacent to an activating group) is 2. The summed E-state index contributed by atoms with van der Waals surface area (Å²) in [6.45, 7) is 7.50. The smallest absolute Gasteiger partial charge is 0.0829 e. The van der Waals surface area contributed by atoms with Crippen molar-refractivity contribution in [2.75, 3.05) is 39.8 Å². The second-order valence-electron chi connectivity index (χ2n) is 5.91. The minimum atomic E-state index is 0.388. The summed E-state index contributed by atoms with van der Waals surface area (Å²) in [5.74, 6) is 0. The van der Waals surface area contributed by atoms with Gasteiger partial charge in [-0.3, -0.25) is 4.90 Å². The van der Waals surface area contributed by atoms with E-state index in [0.717, 1.165) is 38.8 Å². The van der Waals surface area contributed by atoms with Crippen molar-refractivity contribution in [2.45, 2.75) is 50.8 Å². The lowest BCUT2D eigenvalue weighted by Gasteiger charge is -2.39. The zero-order chi connectivity index (χ0) is 13.0. The van der Waals surface area contributed by atoms with E-state index >= 15 is 0 Å². The van der Waals surface area contributed by atoms with Crippen molar-refractivity contribution < 1.29 is 4.74 Å². The van der Waals surface area contributed by atoms with Crippen LogP contribution in [0.2, 0.25) is 0 Å². The summed E-state index contributed by atoms with van der Waals surface area (Å²) in [5, 5.41) is 0. The minimum Gasteiger partial charge on any atom is -0.374 e. The molecule has 0 aromatic rings. The molecule has 106 valence electrons. The lowest BCUT2D eigenvalue weighted by molar-refractivity contribution is -0.0430. The summed E-state index contributed by atoms with van der Waals surface area (Å²) in [6, 6.07) is 1.17. The number of ether oxygens (including phenoxy) is 1. The Morgan fingerprint density at radius 2 is 2.00 bits per heavy atom. The summed E-state index contributed by atoms with van der Waals surface area (Å²) in [5.41, 5.74) is 5.99. The molecule has 18 heavy (non-hydrogen) atoms. The first-order valence-corrected chi connectivity index (χ1v) is 7.48. The highest BCUT2D eigenvalue weighted by atomic mass is 16.5. The largest absolute Gasteiger partial charge is 0.374 e. The SMILES string of the molecule is CCN(CC1CN(C)CCO1)C1CCC(N)CC1. The van der Waals surface area contributed by atoms with Crippen molar-refractivity contribution in [3.63, 3.8) is 0 Å². The Bertz CT molecular complexity index is 241. The number of hydrogen-bond acceptors (Lipinski definition) is 4. The molecule has 2 fully saturated rings. The third-order valence-corrected chi connectivity index (χ3v) is 4.44. The van der Waals surface area contributed by atoms with Crippen LogP contribution in [0.5, 0.6) is 0 Å². The molecule has 0 bridgehead atoms. The number of rotatable bonds is 4. The van der Waals surface area contributed by atoms with Gasteiger partial charge in [0.1, 0.15) is 0 Å². The summed E-state index contributed by atoms with van der Waals surface area (Å²) in [6.07, 6.45) is 5.29. The van der Waals surface area contributed by atoms with Crippen LogP contribution in [0.1, 0.15) is 32.6 Å². The Morgan fingerprint density at radius 3 is 2.61 bits per heavy atom. The molecule has 2 aliphatic rings. The van der Waals surface area contributed by atoms with Crippen LogP contribution in [0.3, 0.4) is 0 Å². The van der Waals surface area contributed by atoms with Gasteiger partial charge in [0.25, 0.3) is 0 Å². The third-order valence-electron chi connectivity index (χ3n) is 4.44. The molecule has 2 N–H and O–H groups in total. The highest BCUT2D eigenvalue weighted by molar-refractivity contribution is 4.83. The fourth-order valence-corrected chi connectivity index (χ4v) is 3.24. The average Bonchev–Trinajstić information content (AvgIpc) is 2.37. The van der Waals surface area contributed by atoms with Crippen LogP contribution < -0.4 is 5.73 Å². The zero-order valence-corrected chi connectivity index (χ0v) is 12.0. The molecule has 1 unspecified atom stereocenters. The number of nitrogens with zero attached hydrogens (tertiary/aromatic N) is 2. The van der Waals surface area contributed by atoms with Crippen LogP contribution in [0.4, 0.5) is 0 Å². The van der Waals surface area contributed by atoms with Gasteiger partial charge in [-0.2, -0.15) is 0 Å². The van der Waals surface area contributed by atoms with Gasteiger partial charge < -0.3 is 15.4 Å². The lowest BCUT2D eigenvalue weighted by atomic mass is 9.90. The number of nitrogens with two attached hydrogens (primary N) is 1. The van der Waals surface area contributed by atoms with Gasteiger partial charge in [-0.15, -0.1) is 0 Å². The van der Waals surface area contributed by atoms with Crippen molar-refractivity contribution in [2.24, 2.45) is 5.73 Å². The molecule has 1 saturated carbocycles. The Hall–Kier alpha value is -0.160. The number of morpholine rings is 1. The highest BCUT2D eigenvalue weighted by Crippen LogP contribution is 2.22. The molecule has 0 radical (unpaired) electrons. The van der Waals surface area contributed by atoms with Crippen molar-refractivity contribution >= 4 is 0 Å². The van der Waals surface area contributed by atoms with Gasteiger partial charge in [0.15, 0.2) is 0 Å². The summed E-state index contributed by atoms with van der Waals surface area (Å²) in [7, 11) is 2.19. The summed E-state index contributed by atoms with van der Waals surface area (Å²) >= 11 is 0. The molecule has 0 amide bonds. The Kier molecular flexibility index (Phi) is 5.42. The fraction of sp³-hybridized carbons (Fsp3) is 1.00. The van der Waals surface area contributed by atoms with Crippen molar-refractivity contribution in [3.05, 3.63) is 0 Å². The lowest BCUT2D eigenvalue weighted by Crippen LogP contribution is -2.49. The third kappa shape index (κ3) is 3.92. The first-order valence-electron chi connectivity index (χ1n) is 7.48. The van der Waals surface area contributed by atoms with E-state index in [0.29, 0.717) is 12.1 Å². The molecule has 4 nitrogen and oxygen atoms in total.